The van der Waals surface area contributed by atoms with E-state index < -0.39 is 0 Å². The molecule has 2 saturated carbocycles. The molecule has 0 aromatic heterocycles. The lowest BCUT2D eigenvalue weighted by molar-refractivity contribution is -0.119. The van der Waals surface area contributed by atoms with Gasteiger partial charge in [-0.3, -0.25) is 4.79 Å². The number of unbranched alkanes of at least 4 members (excludes halogenated alkanes) is 8. The summed E-state index contributed by atoms with van der Waals surface area (Å²) in [6.07, 6.45) is 20.7. The summed E-state index contributed by atoms with van der Waals surface area (Å²) in [4.78, 5) is 11.8. The minimum atomic E-state index is -0.125. The number of aromatic hydroxyl groups is 1. The molecule has 0 aliphatic heterocycles. The molecule has 0 bridgehead atoms. The number of carbonyl (C=O) groups is 1. The van der Waals surface area contributed by atoms with E-state index in [-0.39, 0.29) is 11.5 Å². The number of benzene rings is 1. The molecule has 1 aromatic carbocycles. The molecule has 0 radical (unpaired) electrons. The average Bonchev–Trinajstić information content (AvgIpc) is 3.17. The normalized spacial score (nSPS) is 31.0. The van der Waals surface area contributed by atoms with Crippen LogP contribution >= 0.6 is 0 Å². The molecule has 3 unspecified atom stereocenters. The molecule has 3 aliphatic rings. The Hall–Kier alpha value is -1.35. The van der Waals surface area contributed by atoms with Crippen LogP contribution in [0.5, 0.6) is 5.75 Å². The molecule has 6 atom stereocenters. The Morgan fingerprint density at radius 1 is 0.944 bits per heavy atom. The van der Waals surface area contributed by atoms with Crippen molar-refractivity contribution in [3.63, 3.8) is 0 Å². The summed E-state index contributed by atoms with van der Waals surface area (Å²) in [7, 11) is 0. The molecule has 3 aliphatic carbocycles. The number of Topliss-reactive ketones (excluding diaryl/α,β-unsaturated/α-hetero) is 1. The first-order valence-corrected chi connectivity index (χ1v) is 15.5. The number of ketones is 1. The van der Waals surface area contributed by atoms with Gasteiger partial charge in [0.05, 0.1) is 6.10 Å². The van der Waals surface area contributed by atoms with E-state index in [0.29, 0.717) is 35.2 Å². The fourth-order valence-electron chi connectivity index (χ4n) is 8.32. The number of fused-ring (bicyclic) bond motifs is 5. The van der Waals surface area contributed by atoms with Gasteiger partial charge in [-0.1, -0.05) is 71.3 Å². The summed E-state index contributed by atoms with van der Waals surface area (Å²) < 4.78 is 0. The summed E-state index contributed by atoms with van der Waals surface area (Å²) in [6.45, 7) is 4.52. The Morgan fingerprint density at radius 3 is 2.39 bits per heavy atom. The molecular formula is C33H52O3. The highest BCUT2D eigenvalue weighted by atomic mass is 16.3. The van der Waals surface area contributed by atoms with Crippen molar-refractivity contribution in [1.82, 2.24) is 0 Å². The molecular weight excluding hydrogens is 444 g/mol. The predicted octanol–water partition coefficient (Wildman–Crippen LogP) is 8.50. The first-order chi connectivity index (χ1) is 17.4. The van der Waals surface area contributed by atoms with Crippen molar-refractivity contribution in [3.8, 4) is 5.75 Å². The Morgan fingerprint density at radius 2 is 1.64 bits per heavy atom. The number of hydrogen-bond acceptors (Lipinski definition) is 3. The van der Waals surface area contributed by atoms with E-state index in [9.17, 15) is 15.0 Å². The molecule has 0 saturated heterocycles. The molecule has 0 spiro atoms. The van der Waals surface area contributed by atoms with Gasteiger partial charge in [-0.15, -0.1) is 0 Å². The van der Waals surface area contributed by atoms with Gasteiger partial charge in [0.15, 0.2) is 0 Å². The number of rotatable bonds is 14. The van der Waals surface area contributed by atoms with Gasteiger partial charge in [0.25, 0.3) is 0 Å². The maximum atomic E-state index is 11.8. The van der Waals surface area contributed by atoms with Crippen LogP contribution in [0, 0.1) is 23.2 Å². The second-order valence-electron chi connectivity index (χ2n) is 12.8. The van der Waals surface area contributed by atoms with Crippen molar-refractivity contribution in [2.45, 2.75) is 141 Å². The Kier molecular flexibility index (Phi) is 9.95. The topological polar surface area (TPSA) is 57.5 Å². The summed E-state index contributed by atoms with van der Waals surface area (Å²) in [6, 6.07) is 6.12. The summed E-state index contributed by atoms with van der Waals surface area (Å²) in [5.74, 6) is 3.50. The van der Waals surface area contributed by atoms with Gasteiger partial charge in [0, 0.05) is 12.8 Å². The average molecular weight is 497 g/mol. The first kappa shape index (κ1) is 27.7. The monoisotopic (exact) mass is 496 g/mol. The zero-order valence-corrected chi connectivity index (χ0v) is 23.1. The van der Waals surface area contributed by atoms with Gasteiger partial charge in [0.2, 0.25) is 0 Å². The van der Waals surface area contributed by atoms with Gasteiger partial charge in [-0.05, 0) is 104 Å². The highest BCUT2D eigenvalue weighted by Gasteiger charge is 2.56. The summed E-state index contributed by atoms with van der Waals surface area (Å²) in [5, 5.41) is 21.0. The van der Waals surface area contributed by atoms with Crippen LogP contribution in [0.1, 0.15) is 140 Å². The third-order valence-electron chi connectivity index (χ3n) is 10.4. The molecule has 2 fully saturated rings. The smallest absolute Gasteiger partial charge is 0.132 e. The van der Waals surface area contributed by atoms with Crippen LogP contribution in [0.25, 0.3) is 0 Å². The number of aliphatic hydroxyl groups is 1. The zero-order valence-electron chi connectivity index (χ0n) is 23.1. The van der Waals surface area contributed by atoms with Crippen molar-refractivity contribution < 1.29 is 15.0 Å². The number of carbonyl (C=O) groups excluding carboxylic acids is 1. The molecule has 3 heteroatoms. The quantitative estimate of drug-likeness (QED) is 0.254. The maximum absolute atomic E-state index is 11.8. The number of hydrogen-bond donors (Lipinski definition) is 2. The van der Waals surface area contributed by atoms with E-state index in [1.807, 2.05) is 12.1 Å². The van der Waals surface area contributed by atoms with Gasteiger partial charge in [-0.25, -0.2) is 0 Å². The minimum absolute atomic E-state index is 0.106. The minimum Gasteiger partial charge on any atom is -0.508 e. The third-order valence-corrected chi connectivity index (χ3v) is 10.4. The highest BCUT2D eigenvalue weighted by molar-refractivity contribution is 5.78. The number of phenols is 1. The van der Waals surface area contributed by atoms with Gasteiger partial charge >= 0.3 is 0 Å². The fraction of sp³-hybridized carbons (Fsp3) is 0.788. The van der Waals surface area contributed by atoms with Crippen LogP contribution < -0.4 is 0 Å². The molecule has 202 valence electrons. The van der Waals surface area contributed by atoms with E-state index in [4.69, 9.17) is 0 Å². The lowest BCUT2D eigenvalue weighted by Crippen LogP contribution is -2.47. The highest BCUT2D eigenvalue weighted by Crippen LogP contribution is 2.62. The van der Waals surface area contributed by atoms with Crippen molar-refractivity contribution >= 4 is 5.78 Å². The molecule has 4 rings (SSSR count). The van der Waals surface area contributed by atoms with Crippen LogP contribution in [-0.4, -0.2) is 22.1 Å². The van der Waals surface area contributed by atoms with Crippen molar-refractivity contribution in [1.29, 1.82) is 0 Å². The zero-order chi connectivity index (χ0) is 25.5. The second kappa shape index (κ2) is 12.9. The fourth-order valence-corrected chi connectivity index (χ4v) is 8.32. The van der Waals surface area contributed by atoms with Crippen LogP contribution in [0.2, 0.25) is 0 Å². The molecule has 3 nitrogen and oxygen atoms in total. The van der Waals surface area contributed by atoms with Crippen LogP contribution in [0.15, 0.2) is 18.2 Å². The molecule has 0 amide bonds. The summed E-state index contributed by atoms with van der Waals surface area (Å²) >= 11 is 0. The van der Waals surface area contributed by atoms with Crippen molar-refractivity contribution in [2.75, 3.05) is 0 Å². The maximum Gasteiger partial charge on any atom is 0.132 e. The van der Waals surface area contributed by atoms with E-state index in [0.717, 1.165) is 51.4 Å². The Balaban J connectivity index is 1.22. The van der Waals surface area contributed by atoms with Gasteiger partial charge in [-0.2, -0.15) is 0 Å². The second-order valence-corrected chi connectivity index (χ2v) is 12.8. The third kappa shape index (κ3) is 6.37. The Labute approximate surface area is 220 Å². The molecule has 0 heterocycles. The Bertz CT molecular complexity index is 847. The van der Waals surface area contributed by atoms with Crippen LogP contribution in [0.3, 0.4) is 0 Å². The predicted molar refractivity (Wildman–Crippen MR) is 148 cm³/mol. The van der Waals surface area contributed by atoms with E-state index in [2.05, 4.69) is 19.9 Å². The lowest BCUT2D eigenvalue weighted by atomic mass is 9.52. The van der Waals surface area contributed by atoms with Crippen LogP contribution in [-0.2, 0) is 11.2 Å². The summed E-state index contributed by atoms with van der Waals surface area (Å²) in [5.41, 5.74) is 2.98. The van der Waals surface area contributed by atoms with Crippen molar-refractivity contribution in [3.05, 3.63) is 29.3 Å². The van der Waals surface area contributed by atoms with E-state index >= 15 is 0 Å². The van der Waals surface area contributed by atoms with E-state index in [1.54, 1.807) is 0 Å². The lowest BCUT2D eigenvalue weighted by Gasteiger charge is -2.53. The standard InChI is InChI=1S/C33H52O3/c1-3-4-14-26(34)15-12-10-8-6-5-7-9-11-13-24-22-25-23-27(35)16-17-28(25)29-20-21-33(2)30(32(24)29)18-19-31(33)36/h16-17,23-24,29-32,35-36H,3-15,18-22H2,1-2H3/t24-,29?,30?,31+,32?,33+/m1/s1. The molecule has 36 heavy (non-hydrogen) atoms. The van der Waals surface area contributed by atoms with Gasteiger partial charge in [0.1, 0.15) is 11.5 Å². The SMILES string of the molecule is CCCCC(=O)CCCCCCCCCC[C@@H]1Cc2cc(O)ccc2C2CC[C@@]3(C)C(CC[C@@H]3O)C21. The largest absolute Gasteiger partial charge is 0.508 e. The van der Waals surface area contributed by atoms with Crippen molar-refractivity contribution in [2.24, 2.45) is 23.2 Å². The first-order valence-electron chi connectivity index (χ1n) is 15.5. The van der Waals surface area contributed by atoms with Crippen LogP contribution in [0.4, 0.5) is 0 Å². The molecule has 1 aromatic rings. The molecule has 2 N–H and O–H groups in total. The van der Waals surface area contributed by atoms with E-state index in [1.165, 1.54) is 75.3 Å². The van der Waals surface area contributed by atoms with Gasteiger partial charge < -0.3 is 10.2 Å². The number of phenolic OH excluding ortho intramolecular Hbond substituents is 1. The number of aliphatic hydroxyl groups excluding tert-OH is 1.